The number of carboxylic acids is 1. The van der Waals surface area contributed by atoms with Gasteiger partial charge in [-0.3, -0.25) is 0 Å². The molecule has 0 aromatic rings. The van der Waals surface area contributed by atoms with Gasteiger partial charge in [-0.1, -0.05) is 13.8 Å². The van der Waals surface area contributed by atoms with Crippen LogP contribution in [0.3, 0.4) is 0 Å². The maximum absolute atomic E-state index is 11.6. The van der Waals surface area contributed by atoms with Crippen molar-refractivity contribution in [1.29, 1.82) is 0 Å². The summed E-state index contributed by atoms with van der Waals surface area (Å²) in [4.78, 5) is 23.7. The van der Waals surface area contributed by atoms with Crippen molar-refractivity contribution in [3.63, 3.8) is 0 Å². The Kier molecular flexibility index (Phi) is 4.34. The van der Waals surface area contributed by atoms with Crippen molar-refractivity contribution >= 4 is 12.0 Å². The van der Waals surface area contributed by atoms with E-state index >= 15 is 0 Å². The van der Waals surface area contributed by atoms with E-state index in [0.717, 1.165) is 12.8 Å². The Hall–Kier alpha value is -1.30. The molecule has 3 N–H and O–H groups in total. The number of amides is 2. The van der Waals surface area contributed by atoms with Gasteiger partial charge in [0.15, 0.2) is 6.10 Å². The minimum absolute atomic E-state index is 0.256. The van der Waals surface area contributed by atoms with E-state index < -0.39 is 12.1 Å². The molecule has 1 rings (SSSR count). The lowest BCUT2D eigenvalue weighted by atomic mass is 9.83. The summed E-state index contributed by atoms with van der Waals surface area (Å²) in [7, 11) is 0. The minimum atomic E-state index is -1.54. The van der Waals surface area contributed by atoms with Crippen molar-refractivity contribution in [2.75, 3.05) is 19.6 Å². The molecule has 1 heterocycles. The van der Waals surface area contributed by atoms with E-state index in [1.807, 2.05) is 0 Å². The van der Waals surface area contributed by atoms with Crippen molar-refractivity contribution in [1.82, 2.24) is 10.2 Å². The summed E-state index contributed by atoms with van der Waals surface area (Å²) in [5, 5.41) is 19.9. The molecule has 0 bridgehead atoms. The van der Waals surface area contributed by atoms with Crippen LogP contribution in [0.5, 0.6) is 0 Å². The van der Waals surface area contributed by atoms with Gasteiger partial charge in [0.2, 0.25) is 0 Å². The lowest BCUT2D eigenvalue weighted by Gasteiger charge is -2.36. The summed E-state index contributed by atoms with van der Waals surface area (Å²) in [6.07, 6.45) is 0.323. The van der Waals surface area contributed by atoms with Gasteiger partial charge < -0.3 is 20.4 Å². The average Bonchev–Trinajstić information content (AvgIpc) is 2.25. The molecule has 0 saturated carbocycles. The van der Waals surface area contributed by atoms with Crippen LogP contribution in [0.25, 0.3) is 0 Å². The molecule has 6 nitrogen and oxygen atoms in total. The van der Waals surface area contributed by atoms with Crippen LogP contribution in [0, 0.1) is 5.41 Å². The SMILES string of the molecule is CC1(C)CCN(C(=O)NC[C@H](O)C(=O)O)CC1. The van der Waals surface area contributed by atoms with Gasteiger partial charge in [-0.15, -0.1) is 0 Å². The van der Waals surface area contributed by atoms with E-state index in [1.54, 1.807) is 4.90 Å². The highest BCUT2D eigenvalue weighted by Crippen LogP contribution is 2.29. The van der Waals surface area contributed by atoms with Gasteiger partial charge in [-0.25, -0.2) is 9.59 Å². The molecule has 17 heavy (non-hydrogen) atoms. The number of hydrogen-bond donors (Lipinski definition) is 3. The zero-order chi connectivity index (χ0) is 13.1. The van der Waals surface area contributed by atoms with Crippen molar-refractivity contribution < 1.29 is 19.8 Å². The summed E-state index contributed by atoms with van der Waals surface area (Å²) < 4.78 is 0. The number of aliphatic carboxylic acids is 1. The molecule has 1 saturated heterocycles. The Morgan fingerprint density at radius 1 is 1.35 bits per heavy atom. The number of hydrogen-bond acceptors (Lipinski definition) is 3. The maximum Gasteiger partial charge on any atom is 0.334 e. The highest BCUT2D eigenvalue weighted by atomic mass is 16.4. The van der Waals surface area contributed by atoms with Crippen molar-refractivity contribution in [2.24, 2.45) is 5.41 Å². The fourth-order valence-corrected chi connectivity index (χ4v) is 1.70. The van der Waals surface area contributed by atoms with E-state index in [2.05, 4.69) is 19.2 Å². The number of nitrogens with one attached hydrogen (secondary N) is 1. The molecule has 0 unspecified atom stereocenters. The zero-order valence-electron chi connectivity index (χ0n) is 10.3. The number of nitrogens with zero attached hydrogens (tertiary/aromatic N) is 1. The highest BCUT2D eigenvalue weighted by Gasteiger charge is 2.28. The molecule has 1 aliphatic rings. The predicted molar refractivity (Wildman–Crippen MR) is 61.6 cm³/mol. The van der Waals surface area contributed by atoms with Crippen LogP contribution in [0.15, 0.2) is 0 Å². The largest absolute Gasteiger partial charge is 0.479 e. The molecule has 2 amide bonds. The standard InChI is InChI=1S/C11H20N2O4/c1-11(2)3-5-13(6-4-11)10(17)12-7-8(14)9(15)16/h8,14H,3-7H2,1-2H3,(H,12,17)(H,15,16)/t8-/m0/s1. The Morgan fingerprint density at radius 3 is 2.35 bits per heavy atom. The fourth-order valence-electron chi connectivity index (χ4n) is 1.70. The zero-order valence-corrected chi connectivity index (χ0v) is 10.3. The molecule has 0 radical (unpaired) electrons. The first-order valence-corrected chi connectivity index (χ1v) is 5.75. The third-order valence-corrected chi connectivity index (χ3v) is 3.14. The first kappa shape index (κ1) is 13.8. The first-order chi connectivity index (χ1) is 7.82. The number of carbonyl (C=O) groups is 2. The molecule has 0 aromatic carbocycles. The molecule has 0 aromatic heterocycles. The Morgan fingerprint density at radius 2 is 1.88 bits per heavy atom. The number of carboxylic acid groups (broad SMARTS) is 1. The molecule has 6 heteroatoms. The number of aliphatic hydroxyl groups is 1. The highest BCUT2D eigenvalue weighted by molar-refractivity contribution is 5.76. The van der Waals surface area contributed by atoms with E-state index in [1.165, 1.54) is 0 Å². The molecule has 1 aliphatic heterocycles. The van der Waals surface area contributed by atoms with Crippen LogP contribution in [0.2, 0.25) is 0 Å². The van der Waals surface area contributed by atoms with Crippen LogP contribution in [-0.2, 0) is 4.79 Å². The van der Waals surface area contributed by atoms with Gasteiger partial charge >= 0.3 is 12.0 Å². The van der Waals surface area contributed by atoms with Crippen LogP contribution in [0.1, 0.15) is 26.7 Å². The lowest BCUT2D eigenvalue weighted by Crippen LogP contribution is -2.48. The Balaban J connectivity index is 2.32. The molecular weight excluding hydrogens is 224 g/mol. The Labute approximate surface area is 101 Å². The van der Waals surface area contributed by atoms with E-state index in [0.29, 0.717) is 13.1 Å². The summed E-state index contributed by atoms with van der Waals surface area (Å²) in [5.41, 5.74) is 0.261. The Bertz CT molecular complexity index is 294. The lowest BCUT2D eigenvalue weighted by molar-refractivity contribution is -0.146. The molecule has 98 valence electrons. The van der Waals surface area contributed by atoms with E-state index in [9.17, 15) is 9.59 Å². The normalized spacial score (nSPS) is 20.8. The van der Waals surface area contributed by atoms with E-state index in [-0.39, 0.29) is 18.0 Å². The molecule has 0 aliphatic carbocycles. The van der Waals surface area contributed by atoms with Crippen LogP contribution in [0.4, 0.5) is 4.79 Å². The second kappa shape index (κ2) is 5.35. The minimum Gasteiger partial charge on any atom is -0.479 e. The van der Waals surface area contributed by atoms with Crippen molar-refractivity contribution in [3.8, 4) is 0 Å². The third kappa shape index (κ3) is 4.22. The van der Waals surface area contributed by atoms with Gasteiger partial charge in [0, 0.05) is 13.1 Å². The quantitative estimate of drug-likeness (QED) is 0.664. The fraction of sp³-hybridized carbons (Fsp3) is 0.818. The van der Waals surface area contributed by atoms with Gasteiger partial charge in [0.05, 0.1) is 6.54 Å². The second-order valence-electron chi connectivity index (χ2n) is 5.19. The molecule has 0 spiro atoms. The van der Waals surface area contributed by atoms with E-state index in [4.69, 9.17) is 10.2 Å². The summed E-state index contributed by atoms with van der Waals surface area (Å²) >= 11 is 0. The number of rotatable bonds is 3. The second-order valence-corrected chi connectivity index (χ2v) is 5.19. The van der Waals surface area contributed by atoms with Crippen molar-refractivity contribution in [2.45, 2.75) is 32.8 Å². The van der Waals surface area contributed by atoms with Crippen LogP contribution in [-0.4, -0.2) is 52.9 Å². The third-order valence-electron chi connectivity index (χ3n) is 3.14. The number of aliphatic hydroxyl groups excluding tert-OH is 1. The van der Waals surface area contributed by atoms with Gasteiger partial charge in [0.25, 0.3) is 0 Å². The van der Waals surface area contributed by atoms with Crippen molar-refractivity contribution in [3.05, 3.63) is 0 Å². The smallest absolute Gasteiger partial charge is 0.334 e. The number of likely N-dealkylation sites (tertiary alicyclic amines) is 1. The van der Waals surface area contributed by atoms with Gasteiger partial charge in [-0.2, -0.15) is 0 Å². The van der Waals surface area contributed by atoms with Crippen LogP contribution < -0.4 is 5.32 Å². The summed E-state index contributed by atoms with van der Waals surface area (Å²) in [6.45, 7) is 5.41. The van der Waals surface area contributed by atoms with Gasteiger partial charge in [0.1, 0.15) is 0 Å². The maximum atomic E-state index is 11.6. The first-order valence-electron chi connectivity index (χ1n) is 5.75. The average molecular weight is 244 g/mol. The summed E-state index contributed by atoms with van der Waals surface area (Å²) in [5.74, 6) is -1.33. The number of carbonyl (C=O) groups excluding carboxylic acids is 1. The van der Waals surface area contributed by atoms with Gasteiger partial charge in [-0.05, 0) is 18.3 Å². The monoisotopic (exact) mass is 244 g/mol. The molecule has 1 fully saturated rings. The number of urea groups is 1. The topological polar surface area (TPSA) is 89.9 Å². The predicted octanol–water partition coefficient (Wildman–Crippen LogP) is 0.263. The molecular formula is C11H20N2O4. The number of piperidine rings is 1. The van der Waals surface area contributed by atoms with Crippen LogP contribution >= 0.6 is 0 Å². The summed E-state index contributed by atoms with van der Waals surface area (Å²) in [6, 6.07) is -0.305. The molecule has 1 atom stereocenters.